The van der Waals surface area contributed by atoms with Crippen LogP contribution in [0.15, 0.2) is 0 Å². The lowest BCUT2D eigenvalue weighted by molar-refractivity contribution is -0.134. The molecule has 0 aliphatic rings. The highest BCUT2D eigenvalue weighted by Gasteiger charge is 2.20. The van der Waals surface area contributed by atoms with Crippen LogP contribution in [-0.4, -0.2) is 28.4 Å². The van der Waals surface area contributed by atoms with Gasteiger partial charge in [0.25, 0.3) is 0 Å². The van der Waals surface area contributed by atoms with Gasteiger partial charge in [-0.2, -0.15) is 0 Å². The van der Waals surface area contributed by atoms with Gasteiger partial charge in [-0.1, -0.05) is 0 Å². The molecule has 0 heterocycles. The summed E-state index contributed by atoms with van der Waals surface area (Å²) in [5.74, 6) is -0.734. The molecule has 0 saturated carbocycles. The van der Waals surface area contributed by atoms with E-state index in [2.05, 4.69) is 19.6 Å². The molecule has 0 rings (SSSR count). The number of carboxylic acid groups (broad SMARTS) is 1. The third-order valence-corrected chi connectivity index (χ3v) is 6.38. The van der Waals surface area contributed by atoms with Crippen LogP contribution >= 0.6 is 0 Å². The summed E-state index contributed by atoms with van der Waals surface area (Å²) in [6, 6.07) is 0.240. The molecular formula is C6H16O3Si2. The fourth-order valence-electron chi connectivity index (χ4n) is 0.891. The Morgan fingerprint density at radius 1 is 1.55 bits per heavy atom. The van der Waals surface area contributed by atoms with Crippen molar-refractivity contribution in [3.05, 3.63) is 0 Å². The van der Waals surface area contributed by atoms with E-state index in [-0.39, 0.29) is 6.04 Å². The highest BCUT2D eigenvalue weighted by Crippen LogP contribution is 2.07. The van der Waals surface area contributed by atoms with E-state index in [9.17, 15) is 4.79 Å². The third-order valence-electron chi connectivity index (χ3n) is 1.02. The molecule has 0 aliphatic heterocycles. The molecule has 1 N–H and O–H groups in total. The van der Waals surface area contributed by atoms with Crippen molar-refractivity contribution in [3.8, 4) is 0 Å². The zero-order chi connectivity index (χ0) is 9.07. The Kier molecular flexibility index (Phi) is 3.98. The Morgan fingerprint density at radius 2 is 2.00 bits per heavy atom. The highest BCUT2D eigenvalue weighted by atomic mass is 28.4. The van der Waals surface area contributed by atoms with E-state index in [4.69, 9.17) is 9.22 Å². The van der Waals surface area contributed by atoms with Gasteiger partial charge in [-0.05, 0) is 26.2 Å². The van der Waals surface area contributed by atoms with Gasteiger partial charge in [0.2, 0.25) is 0 Å². The first kappa shape index (κ1) is 10.9. The predicted molar refractivity (Wildman–Crippen MR) is 49.9 cm³/mol. The molecule has 1 unspecified atom stereocenters. The van der Waals surface area contributed by atoms with Crippen molar-refractivity contribution in [2.75, 3.05) is 0 Å². The van der Waals surface area contributed by atoms with Gasteiger partial charge >= 0.3 is 5.97 Å². The van der Waals surface area contributed by atoms with Crippen molar-refractivity contribution in [1.82, 2.24) is 0 Å². The van der Waals surface area contributed by atoms with Gasteiger partial charge in [0, 0.05) is 0 Å². The molecule has 3 nitrogen and oxygen atoms in total. The zero-order valence-electron chi connectivity index (χ0n) is 7.55. The minimum absolute atomic E-state index is 0.240. The van der Waals surface area contributed by atoms with E-state index >= 15 is 0 Å². The van der Waals surface area contributed by atoms with Crippen molar-refractivity contribution in [1.29, 1.82) is 0 Å². The highest BCUT2D eigenvalue weighted by molar-refractivity contribution is 6.77. The molecule has 0 aliphatic carbocycles. The van der Waals surface area contributed by atoms with Gasteiger partial charge in [0.1, 0.15) is 0 Å². The van der Waals surface area contributed by atoms with E-state index in [1.54, 1.807) is 0 Å². The second-order valence-electron chi connectivity index (χ2n) is 3.64. The fraction of sp³-hybridized carbons (Fsp3) is 0.833. The monoisotopic (exact) mass is 192 g/mol. The Morgan fingerprint density at radius 3 is 2.27 bits per heavy atom. The Labute approximate surface area is 70.2 Å². The molecular weight excluding hydrogens is 176 g/mol. The van der Waals surface area contributed by atoms with Gasteiger partial charge in [-0.15, -0.1) is 0 Å². The molecule has 0 saturated heterocycles. The standard InChI is InChI=1S/C6H16O3Si2/c1-10(5-6(7)8)9-11(2,3)4/h10H,5H2,1-4H3,(H,7,8). The molecule has 1 atom stereocenters. The first-order valence-electron chi connectivity index (χ1n) is 3.71. The van der Waals surface area contributed by atoms with E-state index in [1.807, 2.05) is 6.55 Å². The van der Waals surface area contributed by atoms with Crippen molar-refractivity contribution in [3.63, 3.8) is 0 Å². The van der Waals surface area contributed by atoms with Crippen LogP contribution in [0.4, 0.5) is 0 Å². The van der Waals surface area contributed by atoms with Gasteiger partial charge in [0.05, 0.1) is 6.04 Å². The number of carbonyl (C=O) groups is 1. The topological polar surface area (TPSA) is 46.5 Å². The number of rotatable bonds is 4. The first-order valence-corrected chi connectivity index (χ1v) is 9.56. The molecule has 0 fully saturated rings. The molecule has 5 heteroatoms. The van der Waals surface area contributed by atoms with E-state index in [0.717, 1.165) is 0 Å². The van der Waals surface area contributed by atoms with Crippen LogP contribution in [0.2, 0.25) is 32.2 Å². The number of hydrogen-bond donors (Lipinski definition) is 1. The van der Waals surface area contributed by atoms with Gasteiger partial charge in [0.15, 0.2) is 17.4 Å². The van der Waals surface area contributed by atoms with Crippen LogP contribution in [0.5, 0.6) is 0 Å². The Hall–Kier alpha value is -0.136. The molecule has 0 radical (unpaired) electrons. The van der Waals surface area contributed by atoms with Crippen LogP contribution < -0.4 is 0 Å². The molecule has 0 aromatic carbocycles. The first-order chi connectivity index (χ1) is 4.81. The maximum Gasteiger partial charge on any atom is 0.302 e. The summed E-state index contributed by atoms with van der Waals surface area (Å²) in [6.45, 7) is 8.18. The molecule has 0 amide bonds. The van der Waals surface area contributed by atoms with Gasteiger partial charge < -0.3 is 9.22 Å². The largest absolute Gasteiger partial charge is 0.481 e. The number of hydrogen-bond acceptors (Lipinski definition) is 2. The fourth-order valence-corrected chi connectivity index (χ4v) is 6.54. The second kappa shape index (κ2) is 4.03. The van der Waals surface area contributed by atoms with Crippen molar-refractivity contribution >= 4 is 23.3 Å². The van der Waals surface area contributed by atoms with Gasteiger partial charge in [-0.3, -0.25) is 4.79 Å². The van der Waals surface area contributed by atoms with Gasteiger partial charge in [-0.25, -0.2) is 0 Å². The Bertz CT molecular complexity index is 141. The summed E-state index contributed by atoms with van der Waals surface area (Å²) in [7, 11) is -2.91. The lowest BCUT2D eigenvalue weighted by atomic mass is 10.8. The summed E-state index contributed by atoms with van der Waals surface area (Å²) >= 11 is 0. The normalized spacial score (nSPS) is 14.5. The summed E-state index contributed by atoms with van der Waals surface area (Å²) in [6.07, 6.45) is 0. The number of aliphatic carboxylic acids is 1. The predicted octanol–water partition coefficient (Wildman–Crippen LogP) is 1.28. The minimum Gasteiger partial charge on any atom is -0.481 e. The smallest absolute Gasteiger partial charge is 0.302 e. The van der Waals surface area contributed by atoms with Crippen LogP contribution in [0.25, 0.3) is 0 Å². The van der Waals surface area contributed by atoms with E-state index < -0.39 is 23.3 Å². The SMILES string of the molecule is C[SiH](CC(=O)O)O[Si](C)(C)C. The third kappa shape index (κ3) is 7.76. The average molecular weight is 192 g/mol. The molecule has 0 spiro atoms. The molecule has 0 aromatic heterocycles. The van der Waals surface area contributed by atoms with Crippen LogP contribution in [0, 0.1) is 0 Å². The maximum absolute atomic E-state index is 10.3. The maximum atomic E-state index is 10.3. The van der Waals surface area contributed by atoms with Crippen LogP contribution in [0.1, 0.15) is 0 Å². The lowest BCUT2D eigenvalue weighted by Gasteiger charge is -2.21. The summed E-state index contributed by atoms with van der Waals surface area (Å²) in [5, 5.41) is 8.45. The van der Waals surface area contributed by atoms with Crippen LogP contribution in [-0.2, 0) is 8.91 Å². The molecule has 0 bridgehead atoms. The van der Waals surface area contributed by atoms with Crippen molar-refractivity contribution in [2.24, 2.45) is 0 Å². The summed E-state index contributed by atoms with van der Waals surface area (Å²) in [4.78, 5) is 10.3. The molecule has 66 valence electrons. The molecule has 0 aromatic rings. The lowest BCUT2D eigenvalue weighted by Crippen LogP contribution is -2.34. The summed E-state index contributed by atoms with van der Waals surface area (Å²) < 4.78 is 5.65. The minimum atomic E-state index is -1.49. The molecule has 11 heavy (non-hydrogen) atoms. The number of carboxylic acids is 1. The van der Waals surface area contributed by atoms with E-state index in [1.165, 1.54) is 0 Å². The van der Waals surface area contributed by atoms with Crippen molar-refractivity contribution < 1.29 is 14.0 Å². The van der Waals surface area contributed by atoms with Crippen molar-refractivity contribution in [2.45, 2.75) is 32.2 Å². The van der Waals surface area contributed by atoms with E-state index in [0.29, 0.717) is 0 Å². The second-order valence-corrected chi connectivity index (χ2v) is 10.8. The zero-order valence-corrected chi connectivity index (χ0v) is 9.70. The Balaban J connectivity index is 3.69. The van der Waals surface area contributed by atoms with Crippen LogP contribution in [0.3, 0.4) is 0 Å². The summed E-state index contributed by atoms with van der Waals surface area (Å²) in [5.41, 5.74) is 0. The average Bonchev–Trinajstić information content (AvgIpc) is 1.53. The quantitative estimate of drug-likeness (QED) is 0.683.